The van der Waals surface area contributed by atoms with Gasteiger partial charge in [-0.3, -0.25) is 0 Å². The predicted molar refractivity (Wildman–Crippen MR) is 83.3 cm³/mol. The zero-order valence-electron chi connectivity index (χ0n) is 10.8. The Bertz CT molecular complexity index is 600. The van der Waals surface area contributed by atoms with Gasteiger partial charge in [-0.15, -0.1) is 11.6 Å². The van der Waals surface area contributed by atoms with Crippen molar-refractivity contribution in [3.8, 4) is 11.5 Å². The number of halogens is 3. The van der Waals surface area contributed by atoms with Gasteiger partial charge in [0.1, 0.15) is 18.1 Å². The van der Waals surface area contributed by atoms with Crippen molar-refractivity contribution in [2.24, 2.45) is 0 Å². The van der Waals surface area contributed by atoms with Gasteiger partial charge in [0.25, 0.3) is 0 Å². The first kappa shape index (κ1) is 15.3. The van der Waals surface area contributed by atoms with Gasteiger partial charge in [0.05, 0.1) is 18.0 Å². The van der Waals surface area contributed by atoms with Gasteiger partial charge in [-0.1, -0.05) is 41.4 Å². The molecule has 0 bridgehead atoms. The number of hydrogen-bond donors (Lipinski definition) is 0. The largest absolute Gasteiger partial charge is 0.496 e. The van der Waals surface area contributed by atoms with Crippen LogP contribution in [0, 0.1) is 0 Å². The number of ether oxygens (including phenoxy) is 2. The highest BCUT2D eigenvalue weighted by Gasteiger charge is 2.11. The summed E-state index contributed by atoms with van der Waals surface area (Å²) in [6, 6.07) is 11.0. The van der Waals surface area contributed by atoms with Gasteiger partial charge in [0.15, 0.2) is 0 Å². The molecular weight excluding hydrogens is 319 g/mol. The highest BCUT2D eigenvalue weighted by molar-refractivity contribution is 6.36. The predicted octanol–water partition coefficient (Wildman–Crippen LogP) is 5.32. The Morgan fingerprint density at radius 3 is 2.50 bits per heavy atom. The third-order valence-electron chi connectivity index (χ3n) is 2.79. The van der Waals surface area contributed by atoms with Gasteiger partial charge in [-0.05, 0) is 18.2 Å². The molecule has 0 N–H and O–H groups in total. The molecule has 2 rings (SSSR count). The summed E-state index contributed by atoms with van der Waals surface area (Å²) in [6.45, 7) is 0.343. The van der Waals surface area contributed by atoms with Gasteiger partial charge >= 0.3 is 0 Å². The van der Waals surface area contributed by atoms with Crippen LogP contribution in [0.1, 0.15) is 11.1 Å². The van der Waals surface area contributed by atoms with Crippen molar-refractivity contribution >= 4 is 34.8 Å². The second kappa shape index (κ2) is 7.07. The zero-order chi connectivity index (χ0) is 14.5. The normalized spacial score (nSPS) is 10.4. The molecule has 0 amide bonds. The van der Waals surface area contributed by atoms with Crippen molar-refractivity contribution in [3.05, 3.63) is 57.6 Å². The quantitative estimate of drug-likeness (QED) is 0.690. The second-order valence-electron chi connectivity index (χ2n) is 4.11. The molecule has 0 spiro atoms. The first-order chi connectivity index (χ1) is 9.65. The number of methoxy groups -OCH3 is 1. The second-order valence-corrected chi connectivity index (χ2v) is 5.22. The van der Waals surface area contributed by atoms with Crippen molar-refractivity contribution in [1.82, 2.24) is 0 Å². The summed E-state index contributed by atoms with van der Waals surface area (Å²) in [4.78, 5) is 0. The van der Waals surface area contributed by atoms with Crippen LogP contribution < -0.4 is 9.47 Å². The monoisotopic (exact) mass is 330 g/mol. The summed E-state index contributed by atoms with van der Waals surface area (Å²) < 4.78 is 11.1. The van der Waals surface area contributed by atoms with E-state index in [4.69, 9.17) is 44.3 Å². The van der Waals surface area contributed by atoms with Gasteiger partial charge in [0.2, 0.25) is 0 Å². The first-order valence-electron chi connectivity index (χ1n) is 5.94. The minimum Gasteiger partial charge on any atom is -0.496 e. The molecule has 0 aliphatic carbocycles. The lowest BCUT2D eigenvalue weighted by Gasteiger charge is -2.14. The van der Waals surface area contributed by atoms with Crippen molar-refractivity contribution in [2.45, 2.75) is 12.5 Å². The molecule has 0 saturated carbocycles. The molecule has 2 aromatic rings. The fourth-order valence-corrected chi connectivity index (χ4v) is 2.64. The molecule has 20 heavy (non-hydrogen) atoms. The standard InChI is InChI=1S/C15H13Cl3O2/c1-19-14-5-3-2-4-10(14)9-20-15-11(8-16)6-12(17)7-13(15)18/h2-7H,8-9H2,1H3. The van der Waals surface area contributed by atoms with E-state index in [1.807, 2.05) is 24.3 Å². The van der Waals surface area contributed by atoms with Crippen LogP contribution in [0.15, 0.2) is 36.4 Å². The number of para-hydroxylation sites is 1. The maximum atomic E-state index is 6.15. The molecule has 0 radical (unpaired) electrons. The van der Waals surface area contributed by atoms with Crippen LogP contribution in [0.25, 0.3) is 0 Å². The van der Waals surface area contributed by atoms with Crippen molar-refractivity contribution in [3.63, 3.8) is 0 Å². The van der Waals surface area contributed by atoms with Crippen molar-refractivity contribution in [2.75, 3.05) is 7.11 Å². The summed E-state index contributed by atoms with van der Waals surface area (Å²) in [5.41, 5.74) is 1.70. The third-order valence-corrected chi connectivity index (χ3v) is 3.58. The van der Waals surface area contributed by atoms with Gasteiger partial charge < -0.3 is 9.47 Å². The Balaban J connectivity index is 2.23. The Morgan fingerprint density at radius 1 is 1.05 bits per heavy atom. The fraction of sp³-hybridized carbons (Fsp3) is 0.200. The average molecular weight is 332 g/mol. The molecule has 0 saturated heterocycles. The molecule has 0 fully saturated rings. The van der Waals surface area contributed by atoms with E-state index in [9.17, 15) is 0 Å². The van der Waals surface area contributed by atoms with Crippen LogP contribution in [0.2, 0.25) is 10.0 Å². The Kier molecular flexibility index (Phi) is 5.41. The minimum atomic E-state index is 0.279. The zero-order valence-corrected chi connectivity index (χ0v) is 13.1. The molecule has 0 aliphatic heterocycles. The lowest BCUT2D eigenvalue weighted by Crippen LogP contribution is -2.01. The van der Waals surface area contributed by atoms with Gasteiger partial charge in [0, 0.05) is 16.1 Å². The van der Waals surface area contributed by atoms with Crippen LogP contribution >= 0.6 is 34.8 Å². The van der Waals surface area contributed by atoms with E-state index in [1.54, 1.807) is 19.2 Å². The molecule has 0 heterocycles. The molecule has 2 nitrogen and oxygen atoms in total. The highest BCUT2D eigenvalue weighted by atomic mass is 35.5. The van der Waals surface area contributed by atoms with E-state index in [0.717, 1.165) is 16.9 Å². The molecule has 5 heteroatoms. The molecule has 0 aromatic heterocycles. The van der Waals surface area contributed by atoms with Gasteiger partial charge in [-0.25, -0.2) is 0 Å². The van der Waals surface area contributed by atoms with E-state index in [0.29, 0.717) is 22.4 Å². The van der Waals surface area contributed by atoms with E-state index < -0.39 is 0 Å². The van der Waals surface area contributed by atoms with Crippen molar-refractivity contribution in [1.29, 1.82) is 0 Å². The highest BCUT2D eigenvalue weighted by Crippen LogP contribution is 2.34. The Hall–Kier alpha value is -1.09. The molecular formula is C15H13Cl3O2. The molecule has 0 aliphatic rings. The van der Waals surface area contributed by atoms with E-state index in [-0.39, 0.29) is 5.88 Å². The fourth-order valence-electron chi connectivity index (χ4n) is 1.85. The number of benzene rings is 2. The number of hydrogen-bond acceptors (Lipinski definition) is 2. The van der Waals surface area contributed by atoms with Crippen LogP contribution in [-0.2, 0) is 12.5 Å². The SMILES string of the molecule is COc1ccccc1COc1c(Cl)cc(Cl)cc1CCl. The number of rotatable bonds is 5. The lowest BCUT2D eigenvalue weighted by atomic mass is 10.2. The summed E-state index contributed by atoms with van der Waals surface area (Å²) in [5, 5.41) is 0.985. The van der Waals surface area contributed by atoms with Crippen LogP contribution in [0.3, 0.4) is 0 Å². The summed E-state index contributed by atoms with van der Waals surface area (Å²) in [6.07, 6.45) is 0. The molecule has 106 valence electrons. The summed E-state index contributed by atoms with van der Waals surface area (Å²) >= 11 is 18.0. The van der Waals surface area contributed by atoms with Crippen LogP contribution in [0.5, 0.6) is 11.5 Å². The third kappa shape index (κ3) is 3.51. The van der Waals surface area contributed by atoms with E-state index in [1.165, 1.54) is 0 Å². The Morgan fingerprint density at radius 2 is 1.80 bits per heavy atom. The average Bonchev–Trinajstić information content (AvgIpc) is 2.45. The van der Waals surface area contributed by atoms with E-state index >= 15 is 0 Å². The van der Waals surface area contributed by atoms with Crippen LogP contribution in [-0.4, -0.2) is 7.11 Å². The summed E-state index contributed by atoms with van der Waals surface area (Å²) in [5.74, 6) is 1.60. The lowest BCUT2D eigenvalue weighted by molar-refractivity contribution is 0.295. The van der Waals surface area contributed by atoms with Gasteiger partial charge in [-0.2, -0.15) is 0 Å². The molecule has 2 aromatic carbocycles. The smallest absolute Gasteiger partial charge is 0.142 e. The summed E-state index contributed by atoms with van der Waals surface area (Å²) in [7, 11) is 1.62. The maximum absolute atomic E-state index is 6.15. The first-order valence-corrected chi connectivity index (χ1v) is 7.23. The van der Waals surface area contributed by atoms with E-state index in [2.05, 4.69) is 0 Å². The number of alkyl halides is 1. The minimum absolute atomic E-state index is 0.279. The molecule has 0 unspecified atom stereocenters. The van der Waals surface area contributed by atoms with Crippen molar-refractivity contribution < 1.29 is 9.47 Å². The topological polar surface area (TPSA) is 18.5 Å². The molecule has 0 atom stereocenters. The maximum Gasteiger partial charge on any atom is 0.142 e. The van der Waals surface area contributed by atoms with Crippen LogP contribution in [0.4, 0.5) is 0 Å². The Labute approximate surface area is 133 Å².